The Balaban J connectivity index is 1.99. The van der Waals surface area contributed by atoms with Crippen LogP contribution in [0.5, 0.6) is 11.5 Å². The molecule has 0 bridgehead atoms. The van der Waals surface area contributed by atoms with Crippen molar-refractivity contribution >= 4 is 0 Å². The average Bonchev–Trinajstić information content (AvgIpc) is 2.52. The Morgan fingerprint density at radius 2 is 1.43 bits per heavy atom. The van der Waals surface area contributed by atoms with Gasteiger partial charge in [-0.05, 0) is 23.8 Å². The van der Waals surface area contributed by atoms with Crippen molar-refractivity contribution in [2.45, 2.75) is 5.92 Å². The van der Waals surface area contributed by atoms with Crippen molar-refractivity contribution in [1.82, 2.24) is 0 Å². The highest BCUT2D eigenvalue weighted by molar-refractivity contribution is 5.57. The minimum atomic E-state index is -0.339. The molecule has 0 atom stereocenters. The highest BCUT2D eigenvalue weighted by Crippen LogP contribution is 2.46. The van der Waals surface area contributed by atoms with Gasteiger partial charge in [0.25, 0.3) is 0 Å². The average molecular weight is 276 g/mol. The lowest BCUT2D eigenvalue weighted by Gasteiger charge is -2.28. The molecule has 2 aromatic carbocycles. The Bertz CT molecular complexity index is 818. The summed E-state index contributed by atoms with van der Waals surface area (Å²) in [5.74, 6) is 1.64. The van der Waals surface area contributed by atoms with E-state index in [0.717, 1.165) is 28.2 Å². The molecule has 0 amide bonds. The van der Waals surface area contributed by atoms with E-state index in [-0.39, 0.29) is 11.5 Å². The van der Waals surface area contributed by atoms with Crippen molar-refractivity contribution in [3.05, 3.63) is 94.0 Å². The molecule has 1 aliphatic heterocycles. The van der Waals surface area contributed by atoms with Crippen molar-refractivity contribution in [1.29, 1.82) is 0 Å². The molecule has 0 unspecified atom stereocenters. The van der Waals surface area contributed by atoms with Crippen LogP contribution in [0.25, 0.3) is 0 Å². The van der Waals surface area contributed by atoms with Crippen molar-refractivity contribution in [3.8, 4) is 11.5 Å². The van der Waals surface area contributed by atoms with E-state index in [4.69, 9.17) is 9.15 Å². The van der Waals surface area contributed by atoms with Gasteiger partial charge in [-0.3, -0.25) is 0 Å². The maximum absolute atomic E-state index is 11.6. The molecule has 21 heavy (non-hydrogen) atoms. The third kappa shape index (κ3) is 1.94. The molecule has 0 fully saturated rings. The van der Waals surface area contributed by atoms with Crippen LogP contribution in [0.2, 0.25) is 0 Å². The number of benzene rings is 2. The summed E-state index contributed by atoms with van der Waals surface area (Å²) in [6.07, 6.45) is 1.44. The van der Waals surface area contributed by atoms with Crippen LogP contribution in [-0.2, 0) is 0 Å². The number of rotatable bonds is 1. The normalized spacial score (nSPS) is 13.1. The molecular formula is C18H12O3. The standard InChI is InChI=1S/C18H12O3/c19-17-11-12(9-10-20-17)18-13-5-1-3-7-15(13)21-16-8-4-2-6-14(16)18/h1-11,18H. The fourth-order valence-electron chi connectivity index (χ4n) is 2.85. The first-order valence-corrected chi connectivity index (χ1v) is 6.77. The first kappa shape index (κ1) is 12.0. The van der Waals surface area contributed by atoms with Crippen LogP contribution in [0.15, 0.2) is 76.1 Å². The fourth-order valence-corrected chi connectivity index (χ4v) is 2.85. The van der Waals surface area contributed by atoms with Crippen molar-refractivity contribution < 1.29 is 9.15 Å². The monoisotopic (exact) mass is 276 g/mol. The van der Waals surface area contributed by atoms with Gasteiger partial charge >= 0.3 is 5.63 Å². The summed E-state index contributed by atoms with van der Waals surface area (Å²) in [5.41, 5.74) is 2.69. The zero-order valence-electron chi connectivity index (χ0n) is 11.2. The molecule has 0 N–H and O–H groups in total. The SMILES string of the molecule is O=c1cc(C2c3ccccc3Oc3ccccc32)cco1. The minimum absolute atomic E-state index is 0.0183. The van der Waals surface area contributed by atoms with E-state index in [0.29, 0.717) is 0 Å². The zero-order chi connectivity index (χ0) is 14.2. The summed E-state index contributed by atoms with van der Waals surface area (Å²) in [6.45, 7) is 0. The third-order valence-electron chi connectivity index (χ3n) is 3.74. The fraction of sp³-hybridized carbons (Fsp3) is 0.0556. The van der Waals surface area contributed by atoms with Gasteiger partial charge in [-0.15, -0.1) is 0 Å². The summed E-state index contributed by atoms with van der Waals surface area (Å²) in [5, 5.41) is 0. The maximum atomic E-state index is 11.6. The topological polar surface area (TPSA) is 39.4 Å². The van der Waals surface area contributed by atoms with Crippen LogP contribution < -0.4 is 10.4 Å². The van der Waals surface area contributed by atoms with Gasteiger partial charge < -0.3 is 9.15 Å². The molecule has 0 spiro atoms. The largest absolute Gasteiger partial charge is 0.457 e. The van der Waals surface area contributed by atoms with E-state index >= 15 is 0 Å². The molecule has 0 aliphatic carbocycles. The molecule has 3 aromatic rings. The van der Waals surface area contributed by atoms with Gasteiger partial charge in [0.05, 0.1) is 6.26 Å². The van der Waals surface area contributed by atoms with Crippen molar-refractivity contribution in [2.75, 3.05) is 0 Å². The van der Waals surface area contributed by atoms with Gasteiger partial charge in [0, 0.05) is 23.1 Å². The molecule has 1 aromatic heterocycles. The van der Waals surface area contributed by atoms with E-state index in [1.165, 1.54) is 6.26 Å². The highest BCUT2D eigenvalue weighted by atomic mass is 16.5. The van der Waals surface area contributed by atoms with Crippen LogP contribution in [0.4, 0.5) is 0 Å². The maximum Gasteiger partial charge on any atom is 0.335 e. The van der Waals surface area contributed by atoms with Gasteiger partial charge in [0.15, 0.2) is 0 Å². The van der Waals surface area contributed by atoms with Crippen LogP contribution in [-0.4, -0.2) is 0 Å². The number of fused-ring (bicyclic) bond motifs is 2. The van der Waals surface area contributed by atoms with Gasteiger partial charge in [-0.25, -0.2) is 4.79 Å². The van der Waals surface area contributed by atoms with Crippen molar-refractivity contribution in [3.63, 3.8) is 0 Å². The van der Waals surface area contributed by atoms with E-state index < -0.39 is 0 Å². The Kier molecular flexibility index (Phi) is 2.64. The highest BCUT2D eigenvalue weighted by Gasteiger charge is 2.28. The molecule has 1 aliphatic rings. The van der Waals surface area contributed by atoms with E-state index in [1.807, 2.05) is 54.6 Å². The van der Waals surface area contributed by atoms with Gasteiger partial charge in [-0.1, -0.05) is 36.4 Å². The predicted octanol–water partition coefficient (Wildman–Crippen LogP) is 3.93. The summed E-state index contributed by atoms with van der Waals surface area (Å²) < 4.78 is 10.8. The minimum Gasteiger partial charge on any atom is -0.457 e. The van der Waals surface area contributed by atoms with Crippen LogP contribution in [0.3, 0.4) is 0 Å². The smallest absolute Gasteiger partial charge is 0.335 e. The lowest BCUT2D eigenvalue weighted by atomic mass is 9.83. The summed E-state index contributed by atoms with van der Waals surface area (Å²) in [7, 11) is 0. The molecule has 4 rings (SSSR count). The van der Waals surface area contributed by atoms with Gasteiger partial charge in [0.1, 0.15) is 11.5 Å². The van der Waals surface area contributed by atoms with E-state index in [2.05, 4.69) is 0 Å². The second-order valence-corrected chi connectivity index (χ2v) is 4.99. The zero-order valence-corrected chi connectivity index (χ0v) is 11.2. The number of para-hydroxylation sites is 2. The number of ether oxygens (including phenoxy) is 1. The van der Waals surface area contributed by atoms with Crippen LogP contribution in [0, 0.1) is 0 Å². The Morgan fingerprint density at radius 3 is 2.05 bits per heavy atom. The Morgan fingerprint density at radius 1 is 0.810 bits per heavy atom. The summed E-state index contributed by atoms with van der Waals surface area (Å²) in [6, 6.07) is 19.2. The quantitative estimate of drug-likeness (QED) is 0.529. The first-order chi connectivity index (χ1) is 10.3. The van der Waals surface area contributed by atoms with Gasteiger partial charge in [-0.2, -0.15) is 0 Å². The number of hydrogen-bond acceptors (Lipinski definition) is 3. The predicted molar refractivity (Wildman–Crippen MR) is 78.9 cm³/mol. The molecule has 0 radical (unpaired) electrons. The second-order valence-electron chi connectivity index (χ2n) is 4.99. The number of hydrogen-bond donors (Lipinski definition) is 0. The summed E-state index contributed by atoms with van der Waals surface area (Å²) in [4.78, 5) is 11.6. The molecule has 3 heteroatoms. The molecule has 0 saturated heterocycles. The Labute approximate surface area is 121 Å². The third-order valence-corrected chi connectivity index (χ3v) is 3.74. The molecular weight excluding hydrogens is 264 g/mol. The summed E-state index contributed by atoms with van der Waals surface area (Å²) >= 11 is 0. The molecule has 0 saturated carbocycles. The molecule has 2 heterocycles. The lowest BCUT2D eigenvalue weighted by molar-refractivity contribution is 0.451. The van der Waals surface area contributed by atoms with E-state index in [9.17, 15) is 4.79 Å². The lowest BCUT2D eigenvalue weighted by Crippen LogP contribution is -2.13. The first-order valence-electron chi connectivity index (χ1n) is 6.77. The second kappa shape index (κ2) is 4.63. The van der Waals surface area contributed by atoms with Gasteiger partial charge in [0.2, 0.25) is 0 Å². The van der Waals surface area contributed by atoms with Crippen LogP contribution >= 0.6 is 0 Å². The molecule has 102 valence electrons. The Hall–Kier alpha value is -2.81. The van der Waals surface area contributed by atoms with E-state index in [1.54, 1.807) is 6.07 Å². The van der Waals surface area contributed by atoms with Crippen molar-refractivity contribution in [2.24, 2.45) is 0 Å². The van der Waals surface area contributed by atoms with Crippen LogP contribution in [0.1, 0.15) is 22.6 Å². The molecule has 3 nitrogen and oxygen atoms in total.